The van der Waals surface area contributed by atoms with Crippen molar-refractivity contribution in [2.24, 2.45) is 0 Å². The van der Waals surface area contributed by atoms with Gasteiger partial charge in [0.05, 0.1) is 25.2 Å². The number of aromatic nitrogens is 2. The Hall–Kier alpha value is -3.28. The first kappa shape index (κ1) is 18.1. The number of methoxy groups -OCH3 is 1. The molecule has 28 heavy (non-hydrogen) atoms. The number of benzene rings is 2. The number of hydrogen-bond acceptors (Lipinski definition) is 6. The van der Waals surface area contributed by atoms with Crippen LogP contribution in [0.4, 0.5) is 5.82 Å². The molecule has 0 saturated carbocycles. The molecule has 0 unspecified atom stereocenters. The quantitative estimate of drug-likeness (QED) is 0.676. The van der Waals surface area contributed by atoms with Crippen LogP contribution in [-0.4, -0.2) is 23.9 Å². The van der Waals surface area contributed by atoms with E-state index in [4.69, 9.17) is 19.2 Å². The van der Waals surface area contributed by atoms with E-state index >= 15 is 0 Å². The van der Waals surface area contributed by atoms with Crippen molar-refractivity contribution in [1.29, 1.82) is 0 Å². The molecule has 1 N–H and O–H groups in total. The summed E-state index contributed by atoms with van der Waals surface area (Å²) >= 11 is 0. The molecule has 0 radical (unpaired) electrons. The van der Waals surface area contributed by atoms with Crippen molar-refractivity contribution in [3.05, 3.63) is 59.9 Å². The lowest BCUT2D eigenvalue weighted by atomic mass is 9.99. The molecule has 0 spiro atoms. The maximum Gasteiger partial charge on any atom is 0.231 e. The van der Waals surface area contributed by atoms with E-state index in [1.54, 1.807) is 19.5 Å². The van der Waals surface area contributed by atoms with E-state index in [2.05, 4.69) is 36.3 Å². The molecule has 0 fully saturated rings. The third kappa shape index (κ3) is 3.71. The average molecular weight is 377 g/mol. The van der Waals surface area contributed by atoms with Gasteiger partial charge in [-0.15, -0.1) is 0 Å². The number of ether oxygens (including phenoxy) is 3. The van der Waals surface area contributed by atoms with Crippen molar-refractivity contribution in [3.63, 3.8) is 0 Å². The molecule has 2 heterocycles. The van der Waals surface area contributed by atoms with Gasteiger partial charge in [-0.2, -0.15) is 0 Å². The lowest BCUT2D eigenvalue weighted by Gasteiger charge is -2.13. The van der Waals surface area contributed by atoms with Crippen molar-refractivity contribution in [3.8, 4) is 28.5 Å². The minimum Gasteiger partial charge on any atom is -0.496 e. The molecule has 6 nitrogen and oxygen atoms in total. The Morgan fingerprint density at radius 2 is 1.93 bits per heavy atom. The molecule has 1 aromatic heterocycles. The van der Waals surface area contributed by atoms with Gasteiger partial charge >= 0.3 is 0 Å². The van der Waals surface area contributed by atoms with E-state index in [0.717, 1.165) is 34.1 Å². The van der Waals surface area contributed by atoms with Crippen LogP contribution in [0.3, 0.4) is 0 Å². The molecule has 3 aromatic rings. The minimum atomic E-state index is 0.275. The second-order valence-corrected chi connectivity index (χ2v) is 6.95. The topological polar surface area (TPSA) is 65.5 Å². The molecule has 6 heteroatoms. The van der Waals surface area contributed by atoms with Crippen LogP contribution in [0.1, 0.15) is 30.9 Å². The first-order valence-corrected chi connectivity index (χ1v) is 9.27. The van der Waals surface area contributed by atoms with Crippen LogP contribution < -0.4 is 19.5 Å². The third-order valence-electron chi connectivity index (χ3n) is 4.71. The highest BCUT2D eigenvalue weighted by molar-refractivity contribution is 5.68. The SMILES string of the molecule is COc1ccc(C(C)C)cc1-c1cncc(NCc2ccc3c(c2)OCO3)n1. The number of nitrogens with one attached hydrogen (secondary N) is 1. The largest absolute Gasteiger partial charge is 0.496 e. The van der Waals surface area contributed by atoms with Gasteiger partial charge in [0.1, 0.15) is 11.6 Å². The Bertz CT molecular complexity index is 989. The summed E-state index contributed by atoms with van der Waals surface area (Å²) in [6.45, 7) is 5.22. The molecule has 0 aliphatic carbocycles. The summed E-state index contributed by atoms with van der Waals surface area (Å²) in [6.07, 6.45) is 3.48. The van der Waals surface area contributed by atoms with E-state index in [1.807, 2.05) is 24.3 Å². The van der Waals surface area contributed by atoms with Gasteiger partial charge in [-0.05, 0) is 41.3 Å². The average Bonchev–Trinajstić information content (AvgIpc) is 3.20. The number of hydrogen-bond donors (Lipinski definition) is 1. The normalized spacial score (nSPS) is 12.3. The van der Waals surface area contributed by atoms with E-state index in [1.165, 1.54) is 5.56 Å². The Labute approximate surface area is 164 Å². The van der Waals surface area contributed by atoms with E-state index < -0.39 is 0 Å². The number of anilines is 1. The van der Waals surface area contributed by atoms with Crippen LogP contribution in [0.25, 0.3) is 11.3 Å². The molecule has 144 valence electrons. The van der Waals surface area contributed by atoms with Gasteiger partial charge in [-0.25, -0.2) is 4.98 Å². The first-order valence-electron chi connectivity index (χ1n) is 9.27. The second kappa shape index (κ2) is 7.76. The molecule has 1 aliphatic rings. The molecule has 0 saturated heterocycles. The van der Waals surface area contributed by atoms with Gasteiger partial charge in [0.25, 0.3) is 0 Å². The van der Waals surface area contributed by atoms with Gasteiger partial charge in [-0.3, -0.25) is 4.98 Å². The van der Waals surface area contributed by atoms with Gasteiger partial charge in [0, 0.05) is 12.1 Å². The smallest absolute Gasteiger partial charge is 0.231 e. The molecule has 0 amide bonds. The van der Waals surface area contributed by atoms with Crippen molar-refractivity contribution in [2.75, 3.05) is 19.2 Å². The van der Waals surface area contributed by atoms with Gasteiger partial charge in [-0.1, -0.05) is 26.0 Å². The second-order valence-electron chi connectivity index (χ2n) is 6.95. The summed E-state index contributed by atoms with van der Waals surface area (Å²) in [7, 11) is 1.67. The Kier molecular flexibility index (Phi) is 5.02. The minimum absolute atomic E-state index is 0.275. The zero-order valence-corrected chi connectivity index (χ0v) is 16.2. The first-order chi connectivity index (χ1) is 13.6. The van der Waals surface area contributed by atoms with E-state index in [0.29, 0.717) is 18.3 Å². The Balaban J connectivity index is 1.56. The number of rotatable bonds is 6. The van der Waals surface area contributed by atoms with Crippen LogP contribution in [0.2, 0.25) is 0 Å². The molecule has 0 bridgehead atoms. The molecule has 0 atom stereocenters. The van der Waals surface area contributed by atoms with Gasteiger partial charge < -0.3 is 19.5 Å². The molecular formula is C22H23N3O3. The highest BCUT2D eigenvalue weighted by atomic mass is 16.7. The zero-order valence-electron chi connectivity index (χ0n) is 16.2. The summed E-state index contributed by atoms with van der Waals surface area (Å²) in [5.74, 6) is 3.46. The fraction of sp³-hybridized carbons (Fsp3) is 0.273. The van der Waals surface area contributed by atoms with E-state index in [9.17, 15) is 0 Å². The number of nitrogens with zero attached hydrogens (tertiary/aromatic N) is 2. The molecule has 2 aromatic carbocycles. The number of fused-ring (bicyclic) bond motifs is 1. The summed E-state index contributed by atoms with van der Waals surface area (Å²) in [5, 5.41) is 3.33. The standard InChI is InChI=1S/C22H23N3O3/c1-14(2)16-5-7-19(26-3)17(9-16)18-11-23-12-22(25-18)24-10-15-4-6-20-21(8-15)28-13-27-20/h4-9,11-12,14H,10,13H2,1-3H3,(H,24,25). The third-order valence-corrected chi connectivity index (χ3v) is 4.71. The van der Waals surface area contributed by atoms with Crippen LogP contribution in [0.5, 0.6) is 17.2 Å². The summed E-state index contributed by atoms with van der Waals surface area (Å²) in [5.41, 5.74) is 4.02. The molecule has 4 rings (SSSR count). The van der Waals surface area contributed by atoms with Crippen LogP contribution >= 0.6 is 0 Å². The van der Waals surface area contributed by atoms with E-state index in [-0.39, 0.29) is 6.79 Å². The predicted octanol–water partition coefficient (Wildman–Crippen LogP) is 4.62. The summed E-state index contributed by atoms with van der Waals surface area (Å²) < 4.78 is 16.3. The summed E-state index contributed by atoms with van der Waals surface area (Å²) in [4.78, 5) is 9.09. The maximum atomic E-state index is 5.53. The highest BCUT2D eigenvalue weighted by Gasteiger charge is 2.14. The lowest BCUT2D eigenvalue weighted by Crippen LogP contribution is -2.03. The monoisotopic (exact) mass is 377 g/mol. The van der Waals surface area contributed by atoms with Gasteiger partial charge in [0.2, 0.25) is 6.79 Å². The van der Waals surface area contributed by atoms with Crippen molar-refractivity contribution in [1.82, 2.24) is 9.97 Å². The lowest BCUT2D eigenvalue weighted by molar-refractivity contribution is 0.174. The van der Waals surface area contributed by atoms with Crippen molar-refractivity contribution in [2.45, 2.75) is 26.3 Å². The van der Waals surface area contributed by atoms with Crippen molar-refractivity contribution >= 4 is 5.82 Å². The summed E-state index contributed by atoms with van der Waals surface area (Å²) in [6, 6.07) is 12.1. The van der Waals surface area contributed by atoms with Crippen LogP contribution in [-0.2, 0) is 6.54 Å². The molecular weight excluding hydrogens is 354 g/mol. The van der Waals surface area contributed by atoms with Crippen LogP contribution in [0, 0.1) is 0 Å². The van der Waals surface area contributed by atoms with Gasteiger partial charge in [0.15, 0.2) is 11.5 Å². The fourth-order valence-corrected chi connectivity index (χ4v) is 3.11. The predicted molar refractivity (Wildman–Crippen MR) is 108 cm³/mol. The maximum absolute atomic E-state index is 5.53. The fourth-order valence-electron chi connectivity index (χ4n) is 3.11. The highest BCUT2D eigenvalue weighted by Crippen LogP contribution is 2.33. The Morgan fingerprint density at radius 3 is 2.75 bits per heavy atom. The Morgan fingerprint density at radius 1 is 1.07 bits per heavy atom. The molecule has 1 aliphatic heterocycles. The zero-order chi connectivity index (χ0) is 19.5. The van der Waals surface area contributed by atoms with Crippen molar-refractivity contribution < 1.29 is 14.2 Å². The van der Waals surface area contributed by atoms with Crippen LogP contribution in [0.15, 0.2) is 48.8 Å².